The van der Waals surface area contributed by atoms with E-state index in [-0.39, 0.29) is 6.10 Å². The fraction of sp³-hybridized carbons (Fsp3) is 0.800. The van der Waals surface area contributed by atoms with Gasteiger partial charge in [0.05, 0.1) is 6.10 Å². The van der Waals surface area contributed by atoms with E-state index in [0.717, 1.165) is 25.9 Å². The van der Waals surface area contributed by atoms with Gasteiger partial charge in [0.1, 0.15) is 6.10 Å². The molecule has 0 saturated carbocycles. The van der Waals surface area contributed by atoms with Crippen LogP contribution in [0.15, 0.2) is 4.52 Å². The topological polar surface area (TPSA) is 68.4 Å². The summed E-state index contributed by atoms with van der Waals surface area (Å²) < 4.78 is 10.6. The number of aromatic nitrogens is 2. The molecular weight excluding hydrogens is 196 g/mol. The Hall–Kier alpha value is -0.940. The third-order valence-corrected chi connectivity index (χ3v) is 2.42. The van der Waals surface area contributed by atoms with E-state index in [1.165, 1.54) is 0 Å². The lowest BCUT2D eigenvalue weighted by Crippen LogP contribution is -2.12. The Morgan fingerprint density at radius 2 is 2.40 bits per heavy atom. The second-order valence-corrected chi connectivity index (χ2v) is 3.96. The Morgan fingerprint density at radius 3 is 3.07 bits per heavy atom. The van der Waals surface area contributed by atoms with Crippen molar-refractivity contribution < 1.29 is 14.4 Å². The van der Waals surface area contributed by atoms with Crippen LogP contribution in [0.3, 0.4) is 0 Å². The molecule has 0 aromatic carbocycles. The van der Waals surface area contributed by atoms with Gasteiger partial charge in [0.15, 0.2) is 5.82 Å². The van der Waals surface area contributed by atoms with Gasteiger partial charge < -0.3 is 14.4 Å². The van der Waals surface area contributed by atoms with Crippen molar-refractivity contribution in [3.05, 3.63) is 11.7 Å². The molecule has 0 radical (unpaired) electrons. The van der Waals surface area contributed by atoms with Crippen LogP contribution in [0.1, 0.15) is 44.0 Å². The van der Waals surface area contributed by atoms with Crippen LogP contribution in [-0.2, 0) is 11.2 Å². The minimum atomic E-state index is -0.442. The molecule has 2 heterocycles. The lowest BCUT2D eigenvalue weighted by molar-refractivity contribution is -0.00459. The zero-order valence-electron chi connectivity index (χ0n) is 8.85. The van der Waals surface area contributed by atoms with Crippen molar-refractivity contribution in [1.82, 2.24) is 10.1 Å². The van der Waals surface area contributed by atoms with E-state index in [2.05, 4.69) is 10.1 Å². The summed E-state index contributed by atoms with van der Waals surface area (Å²) in [5.41, 5.74) is 0. The zero-order valence-corrected chi connectivity index (χ0v) is 8.85. The van der Waals surface area contributed by atoms with Gasteiger partial charge >= 0.3 is 0 Å². The van der Waals surface area contributed by atoms with Gasteiger partial charge in [-0.3, -0.25) is 0 Å². The molecule has 1 fully saturated rings. The van der Waals surface area contributed by atoms with Crippen LogP contribution < -0.4 is 0 Å². The van der Waals surface area contributed by atoms with Crippen molar-refractivity contribution in [2.75, 3.05) is 6.61 Å². The molecule has 1 saturated heterocycles. The fourth-order valence-corrected chi connectivity index (χ4v) is 1.68. The van der Waals surface area contributed by atoms with Crippen molar-refractivity contribution in [3.63, 3.8) is 0 Å². The van der Waals surface area contributed by atoms with Gasteiger partial charge in [0.25, 0.3) is 5.89 Å². The summed E-state index contributed by atoms with van der Waals surface area (Å²) in [6.45, 7) is 2.46. The fourth-order valence-electron chi connectivity index (χ4n) is 1.68. The summed E-state index contributed by atoms with van der Waals surface area (Å²) in [4.78, 5) is 4.21. The van der Waals surface area contributed by atoms with Gasteiger partial charge in [-0.1, -0.05) is 5.16 Å². The van der Waals surface area contributed by atoms with Crippen LogP contribution in [-0.4, -0.2) is 28.0 Å². The second kappa shape index (κ2) is 4.72. The zero-order chi connectivity index (χ0) is 10.7. The summed E-state index contributed by atoms with van der Waals surface area (Å²) in [5, 5.41) is 13.0. The lowest BCUT2D eigenvalue weighted by Gasteiger charge is -2.18. The van der Waals surface area contributed by atoms with Crippen molar-refractivity contribution in [2.24, 2.45) is 0 Å². The Morgan fingerprint density at radius 1 is 1.53 bits per heavy atom. The number of nitrogens with zero attached hydrogens (tertiary/aromatic N) is 2. The second-order valence-electron chi connectivity index (χ2n) is 3.96. The van der Waals surface area contributed by atoms with Crippen molar-refractivity contribution in [1.29, 1.82) is 0 Å². The Kier molecular flexibility index (Phi) is 3.33. The molecule has 5 heteroatoms. The molecular formula is C10H16N2O3. The highest BCUT2D eigenvalue weighted by Gasteiger charge is 2.22. The van der Waals surface area contributed by atoms with Crippen molar-refractivity contribution in [2.45, 2.75) is 44.8 Å². The van der Waals surface area contributed by atoms with Gasteiger partial charge in [0, 0.05) is 13.0 Å². The smallest absolute Gasteiger partial charge is 0.255 e. The van der Waals surface area contributed by atoms with Gasteiger partial charge in [0.2, 0.25) is 0 Å². The number of rotatable bonds is 3. The molecule has 1 aromatic rings. The minimum absolute atomic E-state index is 0.0472. The van der Waals surface area contributed by atoms with Crippen LogP contribution in [0.25, 0.3) is 0 Å². The highest BCUT2D eigenvalue weighted by atomic mass is 16.5. The maximum Gasteiger partial charge on any atom is 0.255 e. The summed E-state index contributed by atoms with van der Waals surface area (Å²) in [7, 11) is 0. The van der Waals surface area contributed by atoms with Crippen molar-refractivity contribution >= 4 is 0 Å². The van der Waals surface area contributed by atoms with Gasteiger partial charge in [-0.15, -0.1) is 0 Å². The first-order chi connectivity index (χ1) is 7.25. The third-order valence-electron chi connectivity index (χ3n) is 2.42. The molecule has 2 atom stereocenters. The molecule has 0 amide bonds. The van der Waals surface area contributed by atoms with Gasteiger partial charge in [-0.2, -0.15) is 4.98 Å². The highest BCUT2D eigenvalue weighted by Crippen LogP contribution is 2.26. The number of ether oxygens (including phenoxy) is 1. The Labute approximate surface area is 88.4 Å². The van der Waals surface area contributed by atoms with Gasteiger partial charge in [-0.05, 0) is 26.2 Å². The van der Waals surface area contributed by atoms with E-state index in [9.17, 15) is 5.11 Å². The molecule has 0 bridgehead atoms. The number of aliphatic hydroxyl groups excluding tert-OH is 1. The van der Waals surface area contributed by atoms with Crippen LogP contribution in [0.2, 0.25) is 0 Å². The number of hydrogen-bond acceptors (Lipinski definition) is 5. The third kappa shape index (κ3) is 2.76. The molecule has 5 nitrogen and oxygen atoms in total. The maximum absolute atomic E-state index is 9.17. The average Bonchev–Trinajstić information content (AvgIpc) is 2.67. The first-order valence-electron chi connectivity index (χ1n) is 5.38. The lowest BCUT2D eigenvalue weighted by atomic mass is 10.1. The molecule has 0 aliphatic carbocycles. The minimum Gasteiger partial charge on any atom is -0.393 e. The highest BCUT2D eigenvalue weighted by molar-refractivity contribution is 4.92. The van der Waals surface area contributed by atoms with E-state index >= 15 is 0 Å². The largest absolute Gasteiger partial charge is 0.393 e. The molecule has 2 unspecified atom stereocenters. The molecule has 1 aliphatic heterocycles. The Balaban J connectivity index is 1.99. The number of aliphatic hydroxyl groups is 1. The summed E-state index contributed by atoms with van der Waals surface area (Å²) in [6, 6.07) is 0. The number of hydrogen-bond donors (Lipinski definition) is 1. The predicted molar refractivity (Wildman–Crippen MR) is 52.2 cm³/mol. The van der Waals surface area contributed by atoms with Crippen molar-refractivity contribution in [3.8, 4) is 0 Å². The van der Waals surface area contributed by atoms with E-state index < -0.39 is 6.10 Å². The molecule has 15 heavy (non-hydrogen) atoms. The quantitative estimate of drug-likeness (QED) is 0.816. The average molecular weight is 212 g/mol. The van der Waals surface area contributed by atoms with Crippen LogP contribution in [0.5, 0.6) is 0 Å². The molecule has 1 aliphatic rings. The van der Waals surface area contributed by atoms with Crippen LogP contribution >= 0.6 is 0 Å². The molecule has 84 valence electrons. The van der Waals surface area contributed by atoms with Crippen LogP contribution in [0.4, 0.5) is 0 Å². The first kappa shape index (κ1) is 10.6. The Bertz CT molecular complexity index is 305. The normalized spacial score (nSPS) is 24.0. The van der Waals surface area contributed by atoms with E-state index in [0.29, 0.717) is 18.1 Å². The summed E-state index contributed by atoms with van der Waals surface area (Å²) >= 11 is 0. The first-order valence-corrected chi connectivity index (χ1v) is 5.38. The molecule has 2 rings (SSSR count). The van der Waals surface area contributed by atoms with E-state index in [4.69, 9.17) is 9.26 Å². The van der Waals surface area contributed by atoms with Crippen LogP contribution in [0, 0.1) is 0 Å². The molecule has 1 aromatic heterocycles. The standard InChI is InChI=1S/C10H16N2O3/c1-7(13)6-9-11-10(15-12-9)8-4-2-3-5-14-8/h7-8,13H,2-6H2,1H3. The van der Waals surface area contributed by atoms with Gasteiger partial charge in [-0.25, -0.2) is 0 Å². The monoisotopic (exact) mass is 212 g/mol. The SMILES string of the molecule is CC(O)Cc1noc(C2CCCCO2)n1. The van der Waals surface area contributed by atoms with E-state index in [1.54, 1.807) is 6.92 Å². The predicted octanol–water partition coefficient (Wildman–Crippen LogP) is 1.23. The summed E-state index contributed by atoms with van der Waals surface area (Å²) in [5.74, 6) is 1.10. The molecule has 0 spiro atoms. The molecule has 1 N–H and O–H groups in total. The summed E-state index contributed by atoms with van der Waals surface area (Å²) in [6.07, 6.45) is 3.12. The van der Waals surface area contributed by atoms with E-state index in [1.807, 2.05) is 0 Å². The maximum atomic E-state index is 9.17.